The van der Waals surface area contributed by atoms with E-state index in [4.69, 9.17) is 0 Å². The number of fused-ring (bicyclic) bond motifs is 3. The molecule has 126 valence electrons. The first kappa shape index (κ1) is 15.7. The smallest absolute Gasteiger partial charge is 0.266 e. The van der Waals surface area contributed by atoms with E-state index < -0.39 is 17.2 Å². The van der Waals surface area contributed by atoms with Gasteiger partial charge >= 0.3 is 0 Å². The molecule has 0 N–H and O–H groups in total. The first-order valence-corrected chi connectivity index (χ1v) is 8.50. The van der Waals surface area contributed by atoms with E-state index in [0.717, 1.165) is 16.7 Å². The quantitative estimate of drug-likeness (QED) is 0.515. The van der Waals surface area contributed by atoms with Crippen LogP contribution in [0.25, 0.3) is 22.4 Å². The number of pyridine rings is 1. The molecule has 3 aromatic heterocycles. The highest BCUT2D eigenvalue weighted by atomic mass is 32.2. The van der Waals surface area contributed by atoms with Gasteiger partial charge in [0.25, 0.3) is 11.3 Å². The van der Waals surface area contributed by atoms with Crippen molar-refractivity contribution in [3.05, 3.63) is 58.1 Å². The maximum Gasteiger partial charge on any atom is 0.266 e. The summed E-state index contributed by atoms with van der Waals surface area (Å²) < 4.78 is 29.8. The lowest BCUT2D eigenvalue weighted by molar-refractivity contribution is 0.577. The van der Waals surface area contributed by atoms with Gasteiger partial charge in [0.15, 0.2) is 0 Å². The standard InChI is InChI=1S/C16H11F2N5OS/c1-8-13-12(23-15(19-8)20-16(21-23)25-2)5-6-22(14(13)24)11-4-3-9(17)7-10(11)18/h3-7H,1-2H3. The van der Waals surface area contributed by atoms with Gasteiger partial charge in [-0.15, -0.1) is 5.10 Å². The third-order valence-electron chi connectivity index (χ3n) is 3.85. The lowest BCUT2D eigenvalue weighted by atomic mass is 10.2. The molecule has 0 unspecified atom stereocenters. The van der Waals surface area contributed by atoms with E-state index in [1.54, 1.807) is 13.0 Å². The van der Waals surface area contributed by atoms with Gasteiger partial charge in [-0.2, -0.15) is 9.50 Å². The van der Waals surface area contributed by atoms with Gasteiger partial charge in [-0.25, -0.2) is 13.8 Å². The number of aryl methyl sites for hydroxylation is 1. The van der Waals surface area contributed by atoms with Crippen LogP contribution in [0.3, 0.4) is 0 Å². The number of nitrogens with zero attached hydrogens (tertiary/aromatic N) is 5. The van der Waals surface area contributed by atoms with Crippen molar-refractivity contribution >= 4 is 28.4 Å². The van der Waals surface area contributed by atoms with Crippen molar-refractivity contribution in [1.82, 2.24) is 24.1 Å². The molecule has 6 nitrogen and oxygen atoms in total. The molecule has 0 spiro atoms. The van der Waals surface area contributed by atoms with Crippen molar-refractivity contribution in [1.29, 1.82) is 0 Å². The highest BCUT2D eigenvalue weighted by Gasteiger charge is 2.16. The van der Waals surface area contributed by atoms with E-state index in [2.05, 4.69) is 15.1 Å². The number of rotatable bonds is 2. The van der Waals surface area contributed by atoms with E-state index in [0.29, 0.717) is 27.5 Å². The first-order chi connectivity index (χ1) is 12.0. The second-order valence-corrected chi connectivity index (χ2v) is 6.13. The molecule has 9 heteroatoms. The summed E-state index contributed by atoms with van der Waals surface area (Å²) in [5, 5.41) is 5.14. The molecule has 0 atom stereocenters. The summed E-state index contributed by atoms with van der Waals surface area (Å²) in [6.07, 6.45) is 3.27. The van der Waals surface area contributed by atoms with Crippen LogP contribution in [0.2, 0.25) is 0 Å². The summed E-state index contributed by atoms with van der Waals surface area (Å²) in [5.41, 5.74) is 0.496. The number of benzene rings is 1. The van der Waals surface area contributed by atoms with Crippen molar-refractivity contribution in [3.63, 3.8) is 0 Å². The molecule has 0 aliphatic carbocycles. The molecule has 4 aromatic rings. The highest BCUT2D eigenvalue weighted by Crippen LogP contribution is 2.19. The van der Waals surface area contributed by atoms with Gasteiger partial charge in [0.1, 0.15) is 11.6 Å². The molecular weight excluding hydrogens is 348 g/mol. The SMILES string of the molecule is CSc1nc2nc(C)c3c(=O)n(-c4ccc(F)cc4F)ccc3n2n1. The molecule has 25 heavy (non-hydrogen) atoms. The Morgan fingerprint density at radius 3 is 2.68 bits per heavy atom. The fourth-order valence-corrected chi connectivity index (χ4v) is 3.06. The van der Waals surface area contributed by atoms with Gasteiger partial charge in [0.05, 0.1) is 22.3 Å². The topological polar surface area (TPSA) is 65.1 Å². The van der Waals surface area contributed by atoms with E-state index in [1.807, 2.05) is 6.26 Å². The average Bonchev–Trinajstić information content (AvgIpc) is 2.99. The van der Waals surface area contributed by atoms with Crippen molar-refractivity contribution in [3.8, 4) is 5.69 Å². The van der Waals surface area contributed by atoms with Gasteiger partial charge in [0.2, 0.25) is 5.16 Å². The molecule has 0 bridgehead atoms. The van der Waals surface area contributed by atoms with Crippen molar-refractivity contribution in [2.24, 2.45) is 0 Å². The van der Waals surface area contributed by atoms with Crippen molar-refractivity contribution < 1.29 is 8.78 Å². The normalized spacial score (nSPS) is 11.5. The van der Waals surface area contributed by atoms with Gasteiger partial charge < -0.3 is 0 Å². The van der Waals surface area contributed by atoms with Gasteiger partial charge in [-0.1, -0.05) is 11.8 Å². The lowest BCUT2D eigenvalue weighted by Gasteiger charge is -2.10. The minimum atomic E-state index is -0.821. The van der Waals surface area contributed by atoms with Crippen LogP contribution in [0.1, 0.15) is 5.69 Å². The van der Waals surface area contributed by atoms with E-state index in [-0.39, 0.29) is 5.69 Å². The first-order valence-electron chi connectivity index (χ1n) is 7.28. The summed E-state index contributed by atoms with van der Waals surface area (Å²) in [4.78, 5) is 21.5. The Hall–Kier alpha value is -2.81. The molecule has 4 rings (SSSR count). The third-order valence-corrected chi connectivity index (χ3v) is 4.39. The maximum absolute atomic E-state index is 14.1. The summed E-state index contributed by atoms with van der Waals surface area (Å²) in [6.45, 7) is 1.68. The van der Waals surface area contributed by atoms with Gasteiger partial charge in [-0.05, 0) is 31.4 Å². The Labute approximate surface area is 144 Å². The molecule has 0 amide bonds. The number of hydrogen-bond donors (Lipinski definition) is 0. The fraction of sp³-hybridized carbons (Fsp3) is 0.125. The Morgan fingerprint density at radius 1 is 1.16 bits per heavy atom. The maximum atomic E-state index is 14.1. The largest absolute Gasteiger partial charge is 0.281 e. The number of halogens is 2. The minimum absolute atomic E-state index is 0.0313. The molecule has 0 radical (unpaired) electrons. The van der Waals surface area contributed by atoms with E-state index >= 15 is 0 Å². The zero-order chi connectivity index (χ0) is 17.7. The monoisotopic (exact) mass is 359 g/mol. The van der Waals surface area contributed by atoms with Crippen molar-refractivity contribution in [2.45, 2.75) is 12.1 Å². The lowest BCUT2D eigenvalue weighted by Crippen LogP contribution is -2.21. The van der Waals surface area contributed by atoms with E-state index in [1.165, 1.54) is 28.5 Å². The van der Waals surface area contributed by atoms with Crippen LogP contribution in [0.4, 0.5) is 8.78 Å². The predicted octanol–water partition coefficient (Wildman–Crippen LogP) is 2.74. The molecule has 0 saturated heterocycles. The number of thioether (sulfide) groups is 1. The van der Waals surface area contributed by atoms with Crippen LogP contribution in [-0.4, -0.2) is 30.4 Å². The van der Waals surface area contributed by atoms with Crippen LogP contribution in [-0.2, 0) is 0 Å². The number of hydrogen-bond acceptors (Lipinski definition) is 5. The van der Waals surface area contributed by atoms with Crippen molar-refractivity contribution in [2.75, 3.05) is 6.26 Å². The van der Waals surface area contributed by atoms with Crippen LogP contribution < -0.4 is 5.56 Å². The molecule has 3 heterocycles. The summed E-state index contributed by atoms with van der Waals surface area (Å²) >= 11 is 1.36. The zero-order valence-electron chi connectivity index (χ0n) is 13.2. The Balaban J connectivity index is 2.07. The third kappa shape index (κ3) is 2.39. The molecule has 0 aliphatic rings. The molecular formula is C16H11F2N5OS. The summed E-state index contributed by atoms with van der Waals surface area (Å²) in [6, 6.07) is 4.70. The summed E-state index contributed by atoms with van der Waals surface area (Å²) in [7, 11) is 0. The molecule has 0 aliphatic heterocycles. The number of aromatic nitrogens is 5. The van der Waals surface area contributed by atoms with Gasteiger partial charge in [0, 0.05) is 12.3 Å². The van der Waals surface area contributed by atoms with Crippen LogP contribution >= 0.6 is 11.8 Å². The summed E-state index contributed by atoms with van der Waals surface area (Å²) in [5.74, 6) is -1.14. The Morgan fingerprint density at radius 2 is 1.96 bits per heavy atom. The second kappa shape index (κ2) is 5.62. The minimum Gasteiger partial charge on any atom is -0.281 e. The molecule has 0 saturated carbocycles. The highest BCUT2D eigenvalue weighted by molar-refractivity contribution is 7.98. The second-order valence-electron chi connectivity index (χ2n) is 5.35. The average molecular weight is 359 g/mol. The molecule has 0 fully saturated rings. The fourth-order valence-electron chi connectivity index (χ4n) is 2.72. The predicted molar refractivity (Wildman–Crippen MR) is 90.3 cm³/mol. The zero-order valence-corrected chi connectivity index (χ0v) is 14.0. The molecule has 1 aromatic carbocycles. The Kier molecular flexibility index (Phi) is 3.53. The van der Waals surface area contributed by atoms with Crippen LogP contribution in [0, 0.1) is 18.6 Å². The Bertz CT molecular complexity index is 1200. The van der Waals surface area contributed by atoms with Gasteiger partial charge in [-0.3, -0.25) is 9.36 Å². The van der Waals surface area contributed by atoms with Crippen LogP contribution in [0.5, 0.6) is 0 Å². The van der Waals surface area contributed by atoms with E-state index in [9.17, 15) is 13.6 Å². The van der Waals surface area contributed by atoms with Crippen LogP contribution in [0.15, 0.2) is 40.4 Å².